The maximum Gasteiger partial charge on any atom is 0.319 e. The fourth-order valence-corrected chi connectivity index (χ4v) is 1.66. The third-order valence-electron chi connectivity index (χ3n) is 2.51. The third kappa shape index (κ3) is 5.96. The van der Waals surface area contributed by atoms with Crippen LogP contribution in [0.2, 0.25) is 5.02 Å². The van der Waals surface area contributed by atoms with Crippen LogP contribution in [-0.2, 0) is 0 Å². The van der Waals surface area contributed by atoms with Crippen LogP contribution in [0, 0.1) is 11.8 Å². The Morgan fingerprint density at radius 3 is 2.95 bits per heavy atom. The monoisotopic (exact) mass is 294 g/mol. The lowest BCUT2D eigenvalue weighted by Gasteiger charge is -2.09. The number of amides is 2. The van der Waals surface area contributed by atoms with Crippen molar-refractivity contribution in [3.8, 4) is 11.8 Å². The van der Waals surface area contributed by atoms with Gasteiger partial charge in [0, 0.05) is 23.6 Å². The molecule has 3 N–H and O–H groups in total. The molecule has 1 aromatic rings. The molecule has 1 aromatic carbocycles. The van der Waals surface area contributed by atoms with E-state index in [4.69, 9.17) is 16.7 Å². The number of aliphatic hydroxyl groups is 1. The predicted molar refractivity (Wildman–Crippen MR) is 82.0 cm³/mol. The molecule has 0 aliphatic rings. The number of unbranched alkanes of at least 4 members (excludes halogenated alkanes) is 1. The standard InChI is InChI=1S/C15H19ClN2O2/c1-2-3-9-17-15(20)18-14-8-7-13(16)11-12(14)6-4-5-10-19/h7-8,11,19H,2-3,5,9-10H2,1H3,(H2,17,18,20). The Bertz CT molecular complexity index is 506. The van der Waals surface area contributed by atoms with Crippen molar-refractivity contribution in [2.24, 2.45) is 0 Å². The summed E-state index contributed by atoms with van der Waals surface area (Å²) in [6.07, 6.45) is 2.35. The van der Waals surface area contributed by atoms with Gasteiger partial charge in [-0.05, 0) is 24.6 Å². The fourth-order valence-electron chi connectivity index (χ4n) is 1.49. The van der Waals surface area contributed by atoms with Crippen molar-refractivity contribution in [3.63, 3.8) is 0 Å². The number of urea groups is 1. The van der Waals surface area contributed by atoms with Gasteiger partial charge >= 0.3 is 6.03 Å². The van der Waals surface area contributed by atoms with Crippen molar-refractivity contribution in [2.75, 3.05) is 18.5 Å². The number of carbonyl (C=O) groups excluding carboxylic acids is 1. The molecule has 0 atom stereocenters. The van der Waals surface area contributed by atoms with Crippen LogP contribution >= 0.6 is 11.6 Å². The van der Waals surface area contributed by atoms with E-state index in [-0.39, 0.29) is 12.6 Å². The van der Waals surface area contributed by atoms with Gasteiger partial charge in [0.05, 0.1) is 12.3 Å². The topological polar surface area (TPSA) is 61.4 Å². The van der Waals surface area contributed by atoms with Gasteiger partial charge in [-0.15, -0.1) is 0 Å². The summed E-state index contributed by atoms with van der Waals surface area (Å²) in [4.78, 5) is 11.7. The minimum Gasteiger partial charge on any atom is -0.395 e. The van der Waals surface area contributed by atoms with E-state index in [1.165, 1.54) is 0 Å². The molecule has 4 nitrogen and oxygen atoms in total. The molecule has 0 aliphatic heterocycles. The third-order valence-corrected chi connectivity index (χ3v) is 2.74. The van der Waals surface area contributed by atoms with Crippen LogP contribution in [0.3, 0.4) is 0 Å². The van der Waals surface area contributed by atoms with Gasteiger partial charge in [-0.2, -0.15) is 0 Å². The zero-order valence-corrected chi connectivity index (χ0v) is 12.3. The van der Waals surface area contributed by atoms with Gasteiger partial charge in [0.15, 0.2) is 0 Å². The number of nitrogens with one attached hydrogen (secondary N) is 2. The molecule has 0 radical (unpaired) electrons. The Morgan fingerprint density at radius 2 is 2.25 bits per heavy atom. The molecule has 0 unspecified atom stereocenters. The first-order chi connectivity index (χ1) is 9.67. The highest BCUT2D eigenvalue weighted by Crippen LogP contribution is 2.19. The van der Waals surface area contributed by atoms with Crippen molar-refractivity contribution >= 4 is 23.3 Å². The molecule has 0 saturated carbocycles. The molecule has 0 aromatic heterocycles. The van der Waals surface area contributed by atoms with E-state index in [0.29, 0.717) is 29.2 Å². The molecular weight excluding hydrogens is 276 g/mol. The van der Waals surface area contributed by atoms with Crippen LogP contribution in [0.25, 0.3) is 0 Å². The van der Waals surface area contributed by atoms with Gasteiger partial charge in [0.1, 0.15) is 0 Å². The Kier molecular flexibility index (Phi) is 7.56. The SMILES string of the molecule is CCCCNC(=O)Nc1ccc(Cl)cc1C#CCCO. The Labute approximate surface area is 124 Å². The highest BCUT2D eigenvalue weighted by Gasteiger charge is 2.05. The molecule has 0 heterocycles. The molecule has 0 fully saturated rings. The summed E-state index contributed by atoms with van der Waals surface area (Å²) in [6, 6.07) is 4.84. The predicted octanol–water partition coefficient (Wildman–Crippen LogP) is 3.00. The molecule has 0 aliphatic carbocycles. The number of hydrogen-bond donors (Lipinski definition) is 3. The molecule has 108 valence electrons. The van der Waals surface area contributed by atoms with Gasteiger partial charge in [-0.25, -0.2) is 4.79 Å². The second kappa shape index (κ2) is 9.24. The fraction of sp³-hybridized carbons (Fsp3) is 0.400. The number of halogens is 1. The number of anilines is 1. The van der Waals surface area contributed by atoms with Crippen LogP contribution < -0.4 is 10.6 Å². The second-order valence-electron chi connectivity index (χ2n) is 4.20. The van der Waals surface area contributed by atoms with Crippen molar-refractivity contribution < 1.29 is 9.90 Å². The first-order valence-corrected chi connectivity index (χ1v) is 6.99. The zero-order valence-electron chi connectivity index (χ0n) is 11.5. The van der Waals surface area contributed by atoms with Crippen LogP contribution in [0.1, 0.15) is 31.7 Å². The van der Waals surface area contributed by atoms with Crippen molar-refractivity contribution in [2.45, 2.75) is 26.2 Å². The normalized spacial score (nSPS) is 9.55. The summed E-state index contributed by atoms with van der Waals surface area (Å²) in [5.41, 5.74) is 1.24. The van der Waals surface area contributed by atoms with Crippen LogP contribution in [0.15, 0.2) is 18.2 Å². The van der Waals surface area contributed by atoms with E-state index in [0.717, 1.165) is 12.8 Å². The van der Waals surface area contributed by atoms with Gasteiger partial charge in [-0.3, -0.25) is 0 Å². The molecular formula is C15H19ClN2O2. The van der Waals surface area contributed by atoms with Crippen molar-refractivity contribution in [1.82, 2.24) is 5.32 Å². The maximum absolute atomic E-state index is 11.7. The smallest absolute Gasteiger partial charge is 0.319 e. The summed E-state index contributed by atoms with van der Waals surface area (Å²) >= 11 is 5.92. The molecule has 0 saturated heterocycles. The lowest BCUT2D eigenvalue weighted by molar-refractivity contribution is 0.252. The number of rotatable bonds is 5. The maximum atomic E-state index is 11.7. The summed E-state index contributed by atoms with van der Waals surface area (Å²) in [5.74, 6) is 5.70. The van der Waals surface area contributed by atoms with Crippen LogP contribution in [-0.4, -0.2) is 24.3 Å². The van der Waals surface area contributed by atoms with Gasteiger partial charge < -0.3 is 15.7 Å². The van der Waals surface area contributed by atoms with E-state index in [9.17, 15) is 4.79 Å². The second-order valence-corrected chi connectivity index (χ2v) is 4.64. The number of aliphatic hydroxyl groups excluding tert-OH is 1. The average Bonchev–Trinajstić information content (AvgIpc) is 2.42. The van der Waals surface area contributed by atoms with E-state index in [1.807, 2.05) is 0 Å². The van der Waals surface area contributed by atoms with Crippen molar-refractivity contribution in [3.05, 3.63) is 28.8 Å². The summed E-state index contributed by atoms with van der Waals surface area (Å²) in [5, 5.41) is 14.8. The van der Waals surface area contributed by atoms with Crippen LogP contribution in [0.5, 0.6) is 0 Å². The van der Waals surface area contributed by atoms with Gasteiger partial charge in [0.25, 0.3) is 0 Å². The van der Waals surface area contributed by atoms with E-state index < -0.39 is 0 Å². The molecule has 20 heavy (non-hydrogen) atoms. The van der Waals surface area contributed by atoms with Gasteiger partial charge in [-0.1, -0.05) is 36.8 Å². The largest absolute Gasteiger partial charge is 0.395 e. The van der Waals surface area contributed by atoms with Crippen LogP contribution in [0.4, 0.5) is 10.5 Å². The molecule has 5 heteroatoms. The molecule has 0 bridgehead atoms. The van der Waals surface area contributed by atoms with E-state index >= 15 is 0 Å². The summed E-state index contributed by atoms with van der Waals surface area (Å²) in [7, 11) is 0. The molecule has 1 rings (SSSR count). The summed E-state index contributed by atoms with van der Waals surface area (Å²) in [6.45, 7) is 2.71. The number of hydrogen-bond acceptors (Lipinski definition) is 2. The average molecular weight is 295 g/mol. The minimum atomic E-state index is -0.258. The van der Waals surface area contributed by atoms with E-state index in [2.05, 4.69) is 29.4 Å². The van der Waals surface area contributed by atoms with E-state index in [1.54, 1.807) is 18.2 Å². The quantitative estimate of drug-likeness (QED) is 0.577. The molecule has 2 amide bonds. The van der Waals surface area contributed by atoms with Crippen molar-refractivity contribution in [1.29, 1.82) is 0 Å². The van der Waals surface area contributed by atoms with Gasteiger partial charge in [0.2, 0.25) is 0 Å². The first kappa shape index (κ1) is 16.4. The highest BCUT2D eigenvalue weighted by atomic mass is 35.5. The Balaban J connectivity index is 2.74. The molecule has 0 spiro atoms. The Morgan fingerprint density at radius 1 is 1.45 bits per heavy atom. The number of carbonyl (C=O) groups is 1. The lowest BCUT2D eigenvalue weighted by Crippen LogP contribution is -2.29. The highest BCUT2D eigenvalue weighted by molar-refractivity contribution is 6.30. The number of benzene rings is 1. The zero-order chi connectivity index (χ0) is 14.8. The lowest BCUT2D eigenvalue weighted by atomic mass is 10.1. The minimum absolute atomic E-state index is 0.00777. The Hall–Kier alpha value is -1.70. The summed E-state index contributed by atoms with van der Waals surface area (Å²) < 4.78 is 0. The first-order valence-electron chi connectivity index (χ1n) is 6.61.